The van der Waals surface area contributed by atoms with Gasteiger partial charge in [0.1, 0.15) is 12.1 Å². The summed E-state index contributed by atoms with van der Waals surface area (Å²) in [6.07, 6.45) is 0.947. The predicted molar refractivity (Wildman–Crippen MR) is 128 cm³/mol. The van der Waals surface area contributed by atoms with E-state index >= 15 is 0 Å². The van der Waals surface area contributed by atoms with Crippen molar-refractivity contribution in [3.8, 4) is 11.5 Å². The Kier molecular flexibility index (Phi) is 9.18. The van der Waals surface area contributed by atoms with Crippen LogP contribution >= 0.6 is 0 Å². The van der Waals surface area contributed by atoms with Crippen LogP contribution in [0.15, 0.2) is 30.5 Å². The first kappa shape index (κ1) is 26.8. The van der Waals surface area contributed by atoms with Crippen molar-refractivity contribution in [1.82, 2.24) is 10.3 Å². The Bertz CT molecular complexity index is 1050. The Morgan fingerprint density at radius 2 is 1.65 bits per heavy atom. The molecule has 8 nitrogen and oxygen atoms in total. The number of hydrogen-bond donors (Lipinski definition) is 1. The molecule has 0 aliphatic carbocycles. The van der Waals surface area contributed by atoms with Crippen molar-refractivity contribution in [3.05, 3.63) is 52.8 Å². The highest BCUT2D eigenvalue weighted by Gasteiger charge is 2.28. The van der Waals surface area contributed by atoms with Gasteiger partial charge >= 0.3 is 11.9 Å². The van der Waals surface area contributed by atoms with Crippen LogP contribution in [0.1, 0.15) is 67.7 Å². The zero-order valence-corrected chi connectivity index (χ0v) is 21.1. The maximum absolute atomic E-state index is 12.9. The molecule has 0 spiro atoms. The largest absolute Gasteiger partial charge is 0.493 e. The van der Waals surface area contributed by atoms with Crippen LogP contribution in [0.25, 0.3) is 0 Å². The predicted octanol–water partition coefficient (Wildman–Crippen LogP) is 4.12. The fraction of sp³-hybridized carbons (Fsp3) is 0.462. The quantitative estimate of drug-likeness (QED) is 0.550. The van der Waals surface area contributed by atoms with E-state index < -0.39 is 35.9 Å². The average molecular weight is 471 g/mol. The van der Waals surface area contributed by atoms with Gasteiger partial charge in [0.05, 0.1) is 13.0 Å². The van der Waals surface area contributed by atoms with E-state index in [0.717, 1.165) is 11.1 Å². The van der Waals surface area contributed by atoms with Crippen molar-refractivity contribution in [2.75, 3.05) is 7.11 Å². The van der Waals surface area contributed by atoms with E-state index in [1.165, 1.54) is 31.9 Å². The third-order valence-corrected chi connectivity index (χ3v) is 5.60. The number of carbonyl (C=O) groups excluding carboxylic acids is 3. The van der Waals surface area contributed by atoms with Crippen LogP contribution in [0.5, 0.6) is 11.5 Å². The minimum atomic E-state index is -0.956. The number of nitrogens with one attached hydrogen (secondary N) is 1. The standard InChI is InChI=1S/C26H34N2O6/c1-14(2)25(30)34-23-21(32-8)11-12-27-22(23)24(29)28-18(6)26(31)33-19(7)17(5)20-10-9-15(3)13-16(20)4/h9-14,17-19H,1-8H3,(H,28,29)/t17?,18-,19?/m0/s1. The number of hydrogen-bond acceptors (Lipinski definition) is 7. The van der Waals surface area contributed by atoms with E-state index in [1.807, 2.05) is 39.8 Å². The Morgan fingerprint density at radius 3 is 2.24 bits per heavy atom. The summed E-state index contributed by atoms with van der Waals surface area (Å²) in [5.41, 5.74) is 3.23. The molecule has 0 radical (unpaired) electrons. The van der Waals surface area contributed by atoms with Crippen molar-refractivity contribution >= 4 is 17.8 Å². The molecule has 0 fully saturated rings. The number of methoxy groups -OCH3 is 1. The lowest BCUT2D eigenvalue weighted by Crippen LogP contribution is -2.41. The number of carbonyl (C=O) groups is 3. The number of ether oxygens (including phenoxy) is 3. The van der Waals surface area contributed by atoms with Crippen LogP contribution in [0, 0.1) is 19.8 Å². The number of aryl methyl sites for hydroxylation is 2. The van der Waals surface area contributed by atoms with Crippen LogP contribution in [0.3, 0.4) is 0 Å². The second-order valence-electron chi connectivity index (χ2n) is 8.75. The molecule has 1 heterocycles. The summed E-state index contributed by atoms with van der Waals surface area (Å²) in [5, 5.41) is 2.57. The summed E-state index contributed by atoms with van der Waals surface area (Å²) in [7, 11) is 1.39. The monoisotopic (exact) mass is 470 g/mol. The molecule has 2 aromatic rings. The molecule has 184 valence electrons. The van der Waals surface area contributed by atoms with E-state index in [2.05, 4.69) is 16.4 Å². The average Bonchev–Trinajstić information content (AvgIpc) is 2.78. The zero-order valence-electron chi connectivity index (χ0n) is 21.1. The van der Waals surface area contributed by atoms with Gasteiger partial charge in [-0.15, -0.1) is 0 Å². The van der Waals surface area contributed by atoms with Gasteiger partial charge < -0.3 is 19.5 Å². The van der Waals surface area contributed by atoms with E-state index in [9.17, 15) is 14.4 Å². The fourth-order valence-electron chi connectivity index (χ4n) is 3.37. The molecule has 0 bridgehead atoms. The van der Waals surface area contributed by atoms with Gasteiger partial charge in [0, 0.05) is 18.2 Å². The van der Waals surface area contributed by atoms with Crippen molar-refractivity contribution in [3.63, 3.8) is 0 Å². The second kappa shape index (κ2) is 11.6. The molecule has 0 aliphatic heterocycles. The molecular formula is C26H34N2O6. The van der Waals surface area contributed by atoms with Gasteiger partial charge in [-0.05, 0) is 38.8 Å². The number of aromatic nitrogens is 1. The van der Waals surface area contributed by atoms with Gasteiger partial charge in [0.25, 0.3) is 5.91 Å². The number of benzene rings is 1. The molecule has 2 rings (SSSR count). The zero-order chi connectivity index (χ0) is 25.6. The molecule has 34 heavy (non-hydrogen) atoms. The Balaban J connectivity index is 2.11. The second-order valence-corrected chi connectivity index (χ2v) is 8.75. The lowest BCUT2D eigenvalue weighted by atomic mass is 9.91. The molecule has 2 unspecified atom stereocenters. The maximum Gasteiger partial charge on any atom is 0.328 e. The van der Waals surface area contributed by atoms with Crippen LogP contribution < -0.4 is 14.8 Å². The number of esters is 2. The van der Waals surface area contributed by atoms with Crippen LogP contribution in [-0.4, -0.2) is 42.1 Å². The van der Waals surface area contributed by atoms with E-state index in [4.69, 9.17) is 14.2 Å². The van der Waals surface area contributed by atoms with Gasteiger partial charge in [0.2, 0.25) is 5.75 Å². The van der Waals surface area contributed by atoms with Gasteiger partial charge in [0.15, 0.2) is 11.4 Å². The van der Waals surface area contributed by atoms with Gasteiger partial charge in [-0.2, -0.15) is 0 Å². The number of rotatable bonds is 9. The first-order valence-corrected chi connectivity index (χ1v) is 11.3. The van der Waals surface area contributed by atoms with Crippen LogP contribution in [0.4, 0.5) is 0 Å². The van der Waals surface area contributed by atoms with Crippen molar-refractivity contribution in [2.45, 2.75) is 66.5 Å². The summed E-state index contributed by atoms with van der Waals surface area (Å²) in [6, 6.07) is 6.69. The van der Waals surface area contributed by atoms with E-state index in [1.54, 1.807) is 13.8 Å². The molecular weight excluding hydrogens is 436 g/mol. The highest BCUT2D eigenvalue weighted by atomic mass is 16.6. The van der Waals surface area contributed by atoms with Gasteiger partial charge in [-0.1, -0.05) is 44.5 Å². The number of pyridine rings is 1. The van der Waals surface area contributed by atoms with Crippen molar-refractivity contribution < 1.29 is 28.6 Å². The lowest BCUT2D eigenvalue weighted by Gasteiger charge is -2.24. The Hall–Kier alpha value is -3.42. The van der Waals surface area contributed by atoms with E-state index in [0.29, 0.717) is 0 Å². The number of nitrogens with zero attached hydrogens (tertiary/aromatic N) is 1. The molecule has 0 saturated carbocycles. The van der Waals surface area contributed by atoms with Crippen LogP contribution in [0.2, 0.25) is 0 Å². The normalized spacial score (nSPS) is 13.6. The molecule has 1 aromatic carbocycles. The highest BCUT2D eigenvalue weighted by molar-refractivity contribution is 5.98. The summed E-state index contributed by atoms with van der Waals surface area (Å²) in [6.45, 7) is 12.7. The minimum absolute atomic E-state index is 0.0328. The smallest absolute Gasteiger partial charge is 0.328 e. The van der Waals surface area contributed by atoms with Gasteiger partial charge in [-0.25, -0.2) is 9.78 Å². The van der Waals surface area contributed by atoms with Crippen LogP contribution in [-0.2, 0) is 14.3 Å². The molecule has 1 N–H and O–H groups in total. The molecule has 1 amide bonds. The third-order valence-electron chi connectivity index (χ3n) is 5.60. The first-order valence-electron chi connectivity index (χ1n) is 11.3. The summed E-state index contributed by atoms with van der Waals surface area (Å²) in [5.74, 6) is -2.18. The van der Waals surface area contributed by atoms with Crippen molar-refractivity contribution in [2.24, 2.45) is 5.92 Å². The summed E-state index contributed by atoms with van der Waals surface area (Å²) < 4.78 is 16.2. The third kappa shape index (κ3) is 6.56. The SMILES string of the molecule is COc1ccnc(C(=O)N[C@@H](C)C(=O)OC(C)C(C)c2ccc(C)cc2C)c1OC(=O)C(C)C. The summed E-state index contributed by atoms with van der Waals surface area (Å²) >= 11 is 0. The van der Waals surface area contributed by atoms with Crippen molar-refractivity contribution in [1.29, 1.82) is 0 Å². The molecule has 0 aliphatic rings. The fourth-order valence-corrected chi connectivity index (χ4v) is 3.37. The Morgan fingerprint density at radius 1 is 0.971 bits per heavy atom. The van der Waals surface area contributed by atoms with E-state index in [-0.39, 0.29) is 23.1 Å². The summed E-state index contributed by atoms with van der Waals surface area (Å²) in [4.78, 5) is 41.7. The molecule has 0 saturated heterocycles. The molecule has 1 aromatic heterocycles. The first-order chi connectivity index (χ1) is 16.0. The van der Waals surface area contributed by atoms with Gasteiger partial charge in [-0.3, -0.25) is 9.59 Å². The number of amides is 1. The maximum atomic E-state index is 12.9. The lowest BCUT2D eigenvalue weighted by molar-refractivity contribution is -0.151. The molecule has 3 atom stereocenters. The minimum Gasteiger partial charge on any atom is -0.493 e. The topological polar surface area (TPSA) is 104 Å². The molecule has 8 heteroatoms. The highest BCUT2D eigenvalue weighted by Crippen LogP contribution is 2.30. The Labute approximate surface area is 201 Å².